The molecule has 0 aromatic carbocycles. The highest BCUT2D eigenvalue weighted by Crippen LogP contribution is 2.15. The first-order valence-electron chi connectivity index (χ1n) is 12.1. The minimum Gasteiger partial charge on any atom is -0.469 e. The van der Waals surface area contributed by atoms with Gasteiger partial charge in [0.1, 0.15) is 6.10 Å². The van der Waals surface area contributed by atoms with E-state index in [4.69, 9.17) is 4.74 Å². The SMILES string of the molecule is CCCCCCCCCCCCCCCCC(O)[C@H](CO)OCCCC(=O)OC. The molecule has 2 atom stereocenters. The molecule has 0 aromatic heterocycles. The maximum Gasteiger partial charge on any atom is 0.305 e. The van der Waals surface area contributed by atoms with Crippen LogP contribution in [0.2, 0.25) is 0 Å². The van der Waals surface area contributed by atoms with Gasteiger partial charge >= 0.3 is 5.97 Å². The van der Waals surface area contributed by atoms with Crippen LogP contribution in [-0.4, -0.2) is 48.7 Å². The number of carbonyl (C=O) groups excluding carboxylic acids is 1. The van der Waals surface area contributed by atoms with E-state index in [2.05, 4.69) is 11.7 Å². The Labute approximate surface area is 179 Å². The number of hydrogen-bond acceptors (Lipinski definition) is 5. The lowest BCUT2D eigenvalue weighted by atomic mass is 10.0. The van der Waals surface area contributed by atoms with Gasteiger partial charge in [-0.05, 0) is 12.8 Å². The molecule has 0 aliphatic rings. The molecule has 0 saturated carbocycles. The van der Waals surface area contributed by atoms with E-state index in [-0.39, 0.29) is 12.6 Å². The van der Waals surface area contributed by atoms with Crippen molar-refractivity contribution in [1.82, 2.24) is 0 Å². The lowest BCUT2D eigenvalue weighted by Crippen LogP contribution is -2.32. The Morgan fingerprint density at radius 2 is 1.28 bits per heavy atom. The zero-order chi connectivity index (χ0) is 21.6. The van der Waals surface area contributed by atoms with Gasteiger partial charge in [0.05, 0.1) is 19.8 Å². The highest BCUT2D eigenvalue weighted by atomic mass is 16.5. The first-order valence-corrected chi connectivity index (χ1v) is 12.1. The van der Waals surface area contributed by atoms with Crippen molar-refractivity contribution in [3.05, 3.63) is 0 Å². The number of aliphatic hydroxyl groups excluding tert-OH is 2. The van der Waals surface area contributed by atoms with E-state index in [1.54, 1.807) is 0 Å². The normalized spacial score (nSPS) is 13.4. The quantitative estimate of drug-likeness (QED) is 0.179. The zero-order valence-corrected chi connectivity index (χ0v) is 19.2. The molecule has 0 aliphatic heterocycles. The molecule has 0 aliphatic carbocycles. The van der Waals surface area contributed by atoms with E-state index in [9.17, 15) is 15.0 Å². The topological polar surface area (TPSA) is 76.0 Å². The number of esters is 1. The number of unbranched alkanes of at least 4 members (excludes halogenated alkanes) is 13. The fourth-order valence-corrected chi connectivity index (χ4v) is 3.57. The maximum atomic E-state index is 11.0. The van der Waals surface area contributed by atoms with Gasteiger partial charge < -0.3 is 19.7 Å². The second-order valence-corrected chi connectivity index (χ2v) is 8.22. The van der Waals surface area contributed by atoms with E-state index < -0.39 is 12.2 Å². The molecule has 2 N–H and O–H groups in total. The number of methoxy groups -OCH3 is 1. The molecule has 0 bridgehead atoms. The van der Waals surface area contributed by atoms with Crippen LogP contribution >= 0.6 is 0 Å². The smallest absolute Gasteiger partial charge is 0.305 e. The Balaban J connectivity index is 3.44. The Kier molecular flexibility index (Phi) is 21.6. The number of hydrogen-bond donors (Lipinski definition) is 2. The summed E-state index contributed by atoms with van der Waals surface area (Å²) in [5.41, 5.74) is 0. The van der Waals surface area contributed by atoms with Crippen LogP contribution in [-0.2, 0) is 14.3 Å². The third-order valence-corrected chi connectivity index (χ3v) is 5.55. The molecule has 5 heteroatoms. The molecule has 1 unspecified atom stereocenters. The summed E-state index contributed by atoms with van der Waals surface area (Å²) in [6.45, 7) is 2.41. The van der Waals surface area contributed by atoms with E-state index in [0.717, 1.165) is 12.8 Å². The van der Waals surface area contributed by atoms with E-state index in [1.807, 2.05) is 0 Å². The van der Waals surface area contributed by atoms with Gasteiger partial charge in [0.25, 0.3) is 0 Å². The number of carbonyl (C=O) groups is 1. The zero-order valence-electron chi connectivity index (χ0n) is 19.2. The molecule has 0 aromatic rings. The van der Waals surface area contributed by atoms with Gasteiger partial charge in [-0.1, -0.05) is 96.8 Å². The second-order valence-electron chi connectivity index (χ2n) is 8.22. The van der Waals surface area contributed by atoms with E-state index in [1.165, 1.54) is 84.2 Å². The van der Waals surface area contributed by atoms with Gasteiger partial charge in [0.2, 0.25) is 0 Å². The van der Waals surface area contributed by atoms with Crippen molar-refractivity contribution < 1.29 is 24.5 Å². The Bertz CT molecular complexity index is 348. The van der Waals surface area contributed by atoms with Crippen LogP contribution in [0.1, 0.15) is 116 Å². The number of aliphatic hydroxyl groups is 2. The summed E-state index contributed by atoms with van der Waals surface area (Å²) >= 11 is 0. The van der Waals surface area contributed by atoms with Gasteiger partial charge in [0.15, 0.2) is 0 Å². The van der Waals surface area contributed by atoms with Crippen molar-refractivity contribution in [2.75, 3.05) is 20.3 Å². The Morgan fingerprint density at radius 3 is 1.72 bits per heavy atom. The van der Waals surface area contributed by atoms with Crippen molar-refractivity contribution in [2.24, 2.45) is 0 Å². The molecule has 0 radical (unpaired) electrons. The summed E-state index contributed by atoms with van der Waals surface area (Å²) in [7, 11) is 1.36. The lowest BCUT2D eigenvalue weighted by Gasteiger charge is -2.21. The standard InChI is InChI=1S/C24H48O5/c1-3-4-5-6-7-8-9-10-11-12-13-14-15-16-18-22(26)23(21-25)29-20-17-19-24(27)28-2/h22-23,25-26H,3-21H2,1-2H3/t22?,23-/m0/s1. The van der Waals surface area contributed by atoms with Gasteiger partial charge in [-0.2, -0.15) is 0 Å². The second kappa shape index (κ2) is 22.0. The van der Waals surface area contributed by atoms with Gasteiger partial charge in [-0.3, -0.25) is 4.79 Å². The summed E-state index contributed by atoms with van der Waals surface area (Å²) in [6.07, 6.45) is 18.6. The molecular formula is C24H48O5. The van der Waals surface area contributed by atoms with E-state index in [0.29, 0.717) is 25.9 Å². The highest BCUT2D eigenvalue weighted by Gasteiger charge is 2.18. The van der Waals surface area contributed by atoms with Crippen LogP contribution in [0.5, 0.6) is 0 Å². The fourth-order valence-electron chi connectivity index (χ4n) is 3.57. The Hall–Kier alpha value is -0.650. The third-order valence-electron chi connectivity index (χ3n) is 5.55. The van der Waals surface area contributed by atoms with Crippen molar-refractivity contribution in [3.8, 4) is 0 Å². The fraction of sp³-hybridized carbons (Fsp3) is 0.958. The molecule has 0 heterocycles. The van der Waals surface area contributed by atoms with Crippen molar-refractivity contribution in [1.29, 1.82) is 0 Å². The first kappa shape index (κ1) is 28.4. The molecule has 0 amide bonds. The molecule has 0 rings (SSSR count). The molecule has 0 saturated heterocycles. The average Bonchev–Trinajstić information content (AvgIpc) is 2.73. The molecule has 0 spiro atoms. The van der Waals surface area contributed by atoms with Crippen molar-refractivity contribution >= 4 is 5.97 Å². The van der Waals surface area contributed by atoms with Crippen LogP contribution in [0, 0.1) is 0 Å². The monoisotopic (exact) mass is 416 g/mol. The van der Waals surface area contributed by atoms with E-state index >= 15 is 0 Å². The highest BCUT2D eigenvalue weighted by molar-refractivity contribution is 5.68. The van der Waals surface area contributed by atoms with Crippen LogP contribution in [0.3, 0.4) is 0 Å². The van der Waals surface area contributed by atoms with Crippen LogP contribution < -0.4 is 0 Å². The van der Waals surface area contributed by atoms with Crippen LogP contribution in [0.25, 0.3) is 0 Å². The number of rotatable bonds is 22. The number of ether oxygens (including phenoxy) is 2. The van der Waals surface area contributed by atoms with Crippen LogP contribution in [0.15, 0.2) is 0 Å². The Morgan fingerprint density at radius 1 is 0.793 bits per heavy atom. The van der Waals surface area contributed by atoms with Gasteiger partial charge in [-0.25, -0.2) is 0 Å². The summed E-state index contributed by atoms with van der Waals surface area (Å²) in [6, 6.07) is 0. The maximum absolute atomic E-state index is 11.0. The minimum atomic E-state index is -0.643. The summed E-state index contributed by atoms with van der Waals surface area (Å²) in [4.78, 5) is 11.0. The summed E-state index contributed by atoms with van der Waals surface area (Å²) < 4.78 is 10.1. The molecular weight excluding hydrogens is 368 g/mol. The first-order chi connectivity index (χ1) is 14.2. The molecule has 174 valence electrons. The average molecular weight is 417 g/mol. The van der Waals surface area contributed by atoms with Crippen molar-refractivity contribution in [2.45, 2.75) is 128 Å². The largest absolute Gasteiger partial charge is 0.469 e. The van der Waals surface area contributed by atoms with Gasteiger partial charge in [-0.15, -0.1) is 0 Å². The summed E-state index contributed by atoms with van der Waals surface area (Å²) in [5, 5.41) is 19.6. The predicted octanol–water partition coefficient (Wildman–Crippen LogP) is 5.55. The minimum absolute atomic E-state index is 0.196. The van der Waals surface area contributed by atoms with Crippen LogP contribution in [0.4, 0.5) is 0 Å². The lowest BCUT2D eigenvalue weighted by molar-refractivity contribution is -0.141. The summed E-state index contributed by atoms with van der Waals surface area (Å²) in [5.74, 6) is -0.267. The molecule has 5 nitrogen and oxygen atoms in total. The predicted molar refractivity (Wildman–Crippen MR) is 119 cm³/mol. The van der Waals surface area contributed by atoms with Gasteiger partial charge in [0, 0.05) is 13.0 Å². The van der Waals surface area contributed by atoms with Crippen molar-refractivity contribution in [3.63, 3.8) is 0 Å². The molecule has 0 fully saturated rings. The molecule has 29 heavy (non-hydrogen) atoms. The third kappa shape index (κ3) is 19.1.